The first-order valence-electron chi connectivity index (χ1n) is 15.3. The maximum atomic E-state index is 16.5. The maximum Gasteiger partial charge on any atom is 0.303 e. The highest BCUT2D eigenvalue weighted by molar-refractivity contribution is 7.99. The fraction of sp³-hybridized carbons (Fsp3) is 0.515. The summed E-state index contributed by atoms with van der Waals surface area (Å²) in [5, 5.41) is 10.5. The highest BCUT2D eigenvalue weighted by Crippen LogP contribution is 2.43. The number of ether oxygens (including phenoxy) is 2. The van der Waals surface area contributed by atoms with E-state index in [4.69, 9.17) is 9.47 Å². The number of thioether (sulfide) groups is 1. The molecule has 2 saturated heterocycles. The van der Waals surface area contributed by atoms with Gasteiger partial charge in [0.2, 0.25) is 0 Å². The van der Waals surface area contributed by atoms with Crippen molar-refractivity contribution >= 4 is 28.6 Å². The third kappa shape index (κ3) is 8.46. The smallest absolute Gasteiger partial charge is 0.303 e. The monoisotopic (exact) mass is 649 g/mol. The first-order chi connectivity index (χ1) is 21.7. The van der Waals surface area contributed by atoms with Gasteiger partial charge in [0, 0.05) is 60.0 Å². The van der Waals surface area contributed by atoms with Gasteiger partial charge in [0.25, 0.3) is 0 Å². The first-order valence-corrected chi connectivity index (χ1v) is 16.3. The molecular weight excluding hydrogens is 610 g/mol. The molecule has 0 bridgehead atoms. The molecule has 1 aromatic heterocycles. The molecule has 2 aliphatic rings. The number of carboxylic acid groups (broad SMARTS) is 1. The van der Waals surface area contributed by atoms with Gasteiger partial charge < -0.3 is 19.5 Å². The van der Waals surface area contributed by atoms with Gasteiger partial charge in [-0.3, -0.25) is 14.7 Å². The summed E-state index contributed by atoms with van der Waals surface area (Å²) in [7, 11) is 1.57. The number of carboxylic acids is 1. The van der Waals surface area contributed by atoms with Crippen LogP contribution in [-0.2, 0) is 16.1 Å². The number of aliphatic carboxylic acids is 1. The van der Waals surface area contributed by atoms with Crippen molar-refractivity contribution in [1.29, 1.82) is 0 Å². The average molecular weight is 650 g/mol. The molecule has 12 heteroatoms. The third-order valence-electron chi connectivity index (χ3n) is 9.01. The molecule has 0 unspecified atom stereocenters. The van der Waals surface area contributed by atoms with E-state index in [1.807, 2.05) is 12.1 Å². The quantitative estimate of drug-likeness (QED) is 0.126. The number of carbonyl (C=O) groups is 1. The predicted molar refractivity (Wildman–Crippen MR) is 165 cm³/mol. The minimum atomic E-state index is -1.33. The van der Waals surface area contributed by atoms with E-state index in [9.17, 15) is 23.1 Å². The van der Waals surface area contributed by atoms with Gasteiger partial charge in [0.05, 0.1) is 32.3 Å². The first kappa shape index (κ1) is 33.4. The molecule has 45 heavy (non-hydrogen) atoms. The van der Waals surface area contributed by atoms with Crippen LogP contribution < -0.4 is 4.74 Å². The zero-order valence-corrected chi connectivity index (χ0v) is 26.2. The summed E-state index contributed by atoms with van der Waals surface area (Å²) in [5.41, 5.74) is 1.49. The van der Waals surface area contributed by atoms with Crippen molar-refractivity contribution in [2.75, 3.05) is 58.8 Å². The van der Waals surface area contributed by atoms with Gasteiger partial charge in [-0.1, -0.05) is 0 Å². The normalized spacial score (nSPS) is 18.2. The summed E-state index contributed by atoms with van der Waals surface area (Å²) in [5.74, 6) is -2.99. The number of piperidine rings is 1. The van der Waals surface area contributed by atoms with E-state index in [2.05, 4.69) is 14.8 Å². The van der Waals surface area contributed by atoms with Crippen molar-refractivity contribution in [3.05, 3.63) is 65.1 Å². The molecule has 2 fully saturated rings. The fourth-order valence-electron chi connectivity index (χ4n) is 6.44. The van der Waals surface area contributed by atoms with E-state index < -0.39 is 35.0 Å². The summed E-state index contributed by atoms with van der Waals surface area (Å²) in [6, 6.07) is 6.95. The number of fused-ring (bicyclic) bond motifs is 1. The third-order valence-corrected chi connectivity index (χ3v) is 10.0. The van der Waals surface area contributed by atoms with Crippen LogP contribution in [0.3, 0.4) is 0 Å². The molecule has 0 spiro atoms. The summed E-state index contributed by atoms with van der Waals surface area (Å²) >= 11 is 1.04. The fourth-order valence-corrected chi connectivity index (χ4v) is 7.43. The van der Waals surface area contributed by atoms with Gasteiger partial charge in [0.1, 0.15) is 17.7 Å². The maximum absolute atomic E-state index is 16.5. The molecule has 7 nitrogen and oxygen atoms in total. The number of hydrogen-bond acceptors (Lipinski definition) is 7. The van der Waals surface area contributed by atoms with Crippen molar-refractivity contribution < 1.29 is 36.9 Å². The Morgan fingerprint density at radius 1 is 1.11 bits per heavy atom. The van der Waals surface area contributed by atoms with Crippen molar-refractivity contribution in [3.63, 3.8) is 0 Å². The van der Waals surface area contributed by atoms with Gasteiger partial charge >= 0.3 is 5.97 Å². The second-order valence-electron chi connectivity index (χ2n) is 11.9. The molecule has 0 amide bonds. The minimum Gasteiger partial charge on any atom is -0.497 e. The van der Waals surface area contributed by atoms with Gasteiger partial charge in [0.15, 0.2) is 11.6 Å². The number of alkyl halides is 1. The van der Waals surface area contributed by atoms with Crippen LogP contribution in [0, 0.1) is 22.9 Å². The Morgan fingerprint density at radius 3 is 2.58 bits per heavy atom. The van der Waals surface area contributed by atoms with Gasteiger partial charge in [-0.15, -0.1) is 11.8 Å². The Balaban J connectivity index is 1.27. The Morgan fingerprint density at radius 2 is 1.87 bits per heavy atom. The topological polar surface area (TPSA) is 75.1 Å². The molecule has 0 saturated carbocycles. The zero-order chi connectivity index (χ0) is 32.0. The highest BCUT2D eigenvalue weighted by Gasteiger charge is 2.37. The van der Waals surface area contributed by atoms with E-state index in [1.165, 1.54) is 0 Å². The van der Waals surface area contributed by atoms with E-state index in [0.29, 0.717) is 92.7 Å². The van der Waals surface area contributed by atoms with E-state index >= 15 is 4.39 Å². The van der Waals surface area contributed by atoms with Crippen molar-refractivity contribution in [3.8, 4) is 5.75 Å². The van der Waals surface area contributed by atoms with E-state index in [-0.39, 0.29) is 17.7 Å². The molecule has 0 aliphatic carbocycles. The second kappa shape index (κ2) is 15.1. The van der Waals surface area contributed by atoms with Gasteiger partial charge in [-0.2, -0.15) is 0 Å². The molecule has 2 aromatic carbocycles. The highest BCUT2D eigenvalue weighted by atomic mass is 32.2. The predicted octanol–water partition coefficient (Wildman–Crippen LogP) is 6.63. The Bertz CT molecular complexity index is 1480. The summed E-state index contributed by atoms with van der Waals surface area (Å²) in [6.07, 6.45) is 2.08. The van der Waals surface area contributed by atoms with Crippen LogP contribution in [-0.4, -0.2) is 84.7 Å². The molecule has 1 N–H and O–H groups in total. The number of likely N-dealkylation sites (tertiary alicyclic amines) is 1. The van der Waals surface area contributed by atoms with Crippen LogP contribution in [0.15, 0.2) is 41.4 Å². The Labute approximate surface area is 264 Å². The Kier molecular flexibility index (Phi) is 11.2. The number of rotatable bonds is 13. The van der Waals surface area contributed by atoms with Crippen LogP contribution in [0.4, 0.5) is 17.6 Å². The van der Waals surface area contributed by atoms with Crippen molar-refractivity contribution in [1.82, 2.24) is 14.8 Å². The number of aromatic nitrogens is 1. The number of nitrogens with zero attached hydrogens (tertiary/aromatic N) is 3. The van der Waals surface area contributed by atoms with E-state index in [1.54, 1.807) is 19.4 Å². The van der Waals surface area contributed by atoms with Crippen LogP contribution in [0.5, 0.6) is 5.75 Å². The number of benzene rings is 2. The standard InChI is InChI=1S/C33H39F4N3O4S/c1-43-24-2-3-28-25(18-24)31(22(20-38-28)21-40-10-13-44-14-11-40)26(35)4-5-33(19-30(41)42)6-8-39(9-7-33)12-15-45-29-17-23(34)16-27(36)32(29)37/h2-3,16-18,20,26H,4-15,19,21H2,1H3,(H,41,42)/t26-/m1/s1. The second-order valence-corrected chi connectivity index (χ2v) is 13.1. The zero-order valence-electron chi connectivity index (χ0n) is 25.4. The van der Waals surface area contributed by atoms with Crippen LogP contribution in [0.2, 0.25) is 0 Å². The lowest BCUT2D eigenvalue weighted by molar-refractivity contribution is -0.141. The lowest BCUT2D eigenvalue weighted by Crippen LogP contribution is -2.42. The molecule has 3 aromatic rings. The molecule has 1 atom stereocenters. The summed E-state index contributed by atoms with van der Waals surface area (Å²) in [6.45, 7) is 5.03. The van der Waals surface area contributed by atoms with Gasteiger partial charge in [-0.05, 0) is 74.0 Å². The molecular formula is C33H39F4N3O4S. The lowest BCUT2D eigenvalue weighted by Gasteiger charge is -2.41. The molecule has 0 radical (unpaired) electrons. The van der Waals surface area contributed by atoms with Crippen LogP contribution in [0.25, 0.3) is 10.9 Å². The van der Waals surface area contributed by atoms with E-state index in [0.717, 1.165) is 36.5 Å². The van der Waals surface area contributed by atoms with Crippen molar-refractivity contribution in [2.45, 2.75) is 49.7 Å². The molecule has 3 heterocycles. The lowest BCUT2D eigenvalue weighted by atomic mass is 9.71. The largest absolute Gasteiger partial charge is 0.497 e. The Hall–Kier alpha value is -2.93. The number of hydrogen-bond donors (Lipinski definition) is 1. The summed E-state index contributed by atoms with van der Waals surface area (Å²) < 4.78 is 68.6. The number of methoxy groups -OCH3 is 1. The minimum absolute atomic E-state index is 0.0539. The summed E-state index contributed by atoms with van der Waals surface area (Å²) in [4.78, 5) is 20.9. The van der Waals surface area contributed by atoms with Crippen molar-refractivity contribution in [2.24, 2.45) is 5.41 Å². The van der Waals surface area contributed by atoms with Crippen LogP contribution in [0.1, 0.15) is 49.4 Å². The van der Waals surface area contributed by atoms with Crippen LogP contribution >= 0.6 is 11.8 Å². The SMILES string of the molecule is COc1ccc2ncc(CN3CCOCC3)c([C@H](F)CCC3(CC(=O)O)CCN(CCSc4cc(F)cc(F)c4F)CC3)c2c1. The number of morpholine rings is 1. The average Bonchev–Trinajstić information content (AvgIpc) is 3.03. The van der Waals surface area contributed by atoms with Gasteiger partial charge in [-0.25, -0.2) is 17.6 Å². The number of halogens is 4. The molecule has 2 aliphatic heterocycles. The number of pyridine rings is 1. The molecule has 244 valence electrons. The molecule has 5 rings (SSSR count).